The third kappa shape index (κ3) is 5.43. The third-order valence-electron chi connectivity index (χ3n) is 2.69. The van der Waals surface area contributed by atoms with Crippen LogP contribution in [0.4, 0.5) is 0 Å². The zero-order valence-corrected chi connectivity index (χ0v) is 12.1. The molecule has 0 aliphatic rings. The Morgan fingerprint density at radius 3 is 2.41 bits per heavy atom. The molecule has 1 aromatic rings. The van der Waals surface area contributed by atoms with Crippen LogP contribution >= 0.6 is 0 Å². The molecule has 0 unspecified atom stereocenters. The Balaban J connectivity index is 2.37. The van der Waals surface area contributed by atoms with E-state index in [1.807, 2.05) is 32.2 Å². The summed E-state index contributed by atoms with van der Waals surface area (Å²) < 4.78 is 11.6. The number of nitrogens with zero attached hydrogens (tertiary/aromatic N) is 1. The van der Waals surface area contributed by atoms with Gasteiger partial charge in [0.25, 0.3) is 0 Å². The lowest BCUT2D eigenvalue weighted by atomic mass is 10.2. The molecule has 1 rings (SSSR count). The van der Waals surface area contributed by atoms with E-state index < -0.39 is 8.56 Å². The van der Waals surface area contributed by atoms with Crippen molar-refractivity contribution < 1.29 is 8.85 Å². The maximum atomic E-state index is 5.80. The maximum Gasteiger partial charge on any atom is 0.334 e. The maximum absolute atomic E-state index is 5.80. The Labute approximate surface area is 105 Å². The molecule has 0 saturated heterocycles. The van der Waals surface area contributed by atoms with Crippen LogP contribution in [0.2, 0.25) is 12.6 Å². The first-order valence-electron chi connectivity index (χ1n) is 6.38. The summed E-state index contributed by atoms with van der Waals surface area (Å²) in [5.74, 6) is 0. The van der Waals surface area contributed by atoms with Gasteiger partial charge >= 0.3 is 8.56 Å². The summed E-state index contributed by atoms with van der Waals surface area (Å²) in [5.41, 5.74) is 1.15. The van der Waals surface area contributed by atoms with Gasteiger partial charge in [-0.05, 0) is 51.4 Å². The van der Waals surface area contributed by atoms with Gasteiger partial charge in [-0.25, -0.2) is 0 Å². The largest absolute Gasteiger partial charge is 0.395 e. The van der Waals surface area contributed by atoms with Crippen molar-refractivity contribution in [3.8, 4) is 0 Å². The fraction of sp³-hybridized carbons (Fsp3) is 0.615. The van der Waals surface area contributed by atoms with Gasteiger partial charge in [-0.1, -0.05) is 6.07 Å². The Morgan fingerprint density at radius 2 is 1.88 bits per heavy atom. The average molecular weight is 253 g/mol. The highest BCUT2D eigenvalue weighted by Gasteiger charge is 2.29. The quantitative estimate of drug-likeness (QED) is 0.667. The van der Waals surface area contributed by atoms with Gasteiger partial charge in [0.05, 0.1) is 0 Å². The number of aryl methyl sites for hydroxylation is 1. The second kappa shape index (κ2) is 7.58. The highest BCUT2D eigenvalue weighted by atomic mass is 28.4. The van der Waals surface area contributed by atoms with E-state index in [-0.39, 0.29) is 0 Å². The van der Waals surface area contributed by atoms with Gasteiger partial charge in [0.15, 0.2) is 0 Å². The lowest BCUT2D eigenvalue weighted by Crippen LogP contribution is -2.38. The fourth-order valence-corrected chi connectivity index (χ4v) is 4.35. The summed E-state index contributed by atoms with van der Waals surface area (Å²) >= 11 is 0. The van der Waals surface area contributed by atoms with Crippen LogP contribution in [-0.4, -0.2) is 26.8 Å². The van der Waals surface area contributed by atoms with E-state index in [2.05, 4.69) is 17.6 Å². The number of rotatable bonds is 8. The molecule has 0 bridgehead atoms. The van der Waals surface area contributed by atoms with E-state index in [9.17, 15) is 0 Å². The highest BCUT2D eigenvalue weighted by Crippen LogP contribution is 2.17. The lowest BCUT2D eigenvalue weighted by molar-refractivity contribution is 0.188. The van der Waals surface area contributed by atoms with Gasteiger partial charge < -0.3 is 8.85 Å². The lowest BCUT2D eigenvalue weighted by Gasteiger charge is -2.25. The predicted molar refractivity (Wildman–Crippen MR) is 72.2 cm³/mol. The van der Waals surface area contributed by atoms with Gasteiger partial charge in [-0.3, -0.25) is 4.98 Å². The SMILES string of the molecule is CCO[Si](C)(CCCc1ccccn1)OCC. The molecule has 0 aliphatic carbocycles. The van der Waals surface area contributed by atoms with E-state index in [1.165, 1.54) is 0 Å². The Hall–Kier alpha value is -0.713. The van der Waals surface area contributed by atoms with Crippen molar-refractivity contribution in [2.45, 2.75) is 39.3 Å². The molecule has 0 atom stereocenters. The number of aromatic nitrogens is 1. The molecule has 0 amide bonds. The average Bonchev–Trinajstić information content (AvgIpc) is 2.31. The minimum absolute atomic E-state index is 0.742. The Morgan fingerprint density at radius 1 is 1.18 bits per heavy atom. The van der Waals surface area contributed by atoms with Crippen LogP contribution in [0.5, 0.6) is 0 Å². The fourth-order valence-electron chi connectivity index (χ4n) is 1.93. The molecule has 96 valence electrons. The summed E-state index contributed by atoms with van der Waals surface area (Å²) in [6.07, 6.45) is 3.93. The van der Waals surface area contributed by atoms with Crippen LogP contribution in [0.1, 0.15) is 26.0 Å². The van der Waals surface area contributed by atoms with Crippen LogP contribution < -0.4 is 0 Å². The minimum Gasteiger partial charge on any atom is -0.395 e. The van der Waals surface area contributed by atoms with E-state index in [4.69, 9.17) is 8.85 Å². The van der Waals surface area contributed by atoms with Crippen LogP contribution in [0.25, 0.3) is 0 Å². The number of hydrogen-bond donors (Lipinski definition) is 0. The van der Waals surface area contributed by atoms with Crippen molar-refractivity contribution in [3.05, 3.63) is 30.1 Å². The molecule has 17 heavy (non-hydrogen) atoms. The van der Waals surface area contributed by atoms with Crippen molar-refractivity contribution >= 4 is 8.56 Å². The molecule has 3 nitrogen and oxygen atoms in total. The van der Waals surface area contributed by atoms with E-state index in [0.29, 0.717) is 0 Å². The zero-order valence-electron chi connectivity index (χ0n) is 11.1. The van der Waals surface area contributed by atoms with Gasteiger partial charge in [-0.2, -0.15) is 0 Å². The molecule has 0 aromatic carbocycles. The van der Waals surface area contributed by atoms with Crippen molar-refractivity contribution in [1.82, 2.24) is 4.98 Å². The Bertz CT molecular complexity index is 300. The summed E-state index contributed by atoms with van der Waals surface area (Å²) in [5, 5.41) is 0. The molecule has 0 aliphatic heterocycles. The molecule has 0 radical (unpaired) electrons. The van der Waals surface area contributed by atoms with E-state index in [1.54, 1.807) is 0 Å². The standard InChI is InChI=1S/C13H23NO2Si/c1-4-15-17(3,16-5-2)12-8-10-13-9-6-7-11-14-13/h6-7,9,11H,4-5,8,10,12H2,1-3H3. The van der Waals surface area contributed by atoms with Gasteiger partial charge in [0, 0.05) is 25.1 Å². The van der Waals surface area contributed by atoms with Gasteiger partial charge in [0.2, 0.25) is 0 Å². The minimum atomic E-state index is -1.93. The Kier molecular flexibility index (Phi) is 6.40. The van der Waals surface area contributed by atoms with Crippen LogP contribution in [0, 0.1) is 0 Å². The molecule has 0 spiro atoms. The molecule has 0 N–H and O–H groups in total. The second-order valence-electron chi connectivity index (χ2n) is 4.17. The first-order chi connectivity index (χ1) is 8.20. The van der Waals surface area contributed by atoms with E-state index in [0.717, 1.165) is 37.8 Å². The summed E-state index contributed by atoms with van der Waals surface area (Å²) in [6, 6.07) is 7.08. The highest BCUT2D eigenvalue weighted by molar-refractivity contribution is 6.66. The summed E-state index contributed by atoms with van der Waals surface area (Å²) in [7, 11) is -1.93. The molecular formula is C13H23NO2Si. The summed E-state index contributed by atoms with van der Waals surface area (Å²) in [4.78, 5) is 4.32. The smallest absolute Gasteiger partial charge is 0.334 e. The van der Waals surface area contributed by atoms with Crippen LogP contribution in [-0.2, 0) is 15.3 Å². The van der Waals surface area contributed by atoms with Crippen molar-refractivity contribution in [1.29, 1.82) is 0 Å². The molecular weight excluding hydrogens is 230 g/mol. The monoisotopic (exact) mass is 253 g/mol. The van der Waals surface area contributed by atoms with Crippen molar-refractivity contribution in [3.63, 3.8) is 0 Å². The predicted octanol–water partition coefficient (Wildman–Crippen LogP) is 3.16. The van der Waals surface area contributed by atoms with Crippen LogP contribution in [0.15, 0.2) is 24.4 Å². The number of hydrogen-bond acceptors (Lipinski definition) is 3. The zero-order chi connectivity index (χ0) is 12.6. The van der Waals surface area contributed by atoms with E-state index >= 15 is 0 Å². The molecule has 0 saturated carbocycles. The normalized spacial score (nSPS) is 11.7. The topological polar surface area (TPSA) is 31.4 Å². The molecule has 1 aromatic heterocycles. The molecule has 4 heteroatoms. The second-order valence-corrected chi connectivity index (χ2v) is 7.52. The van der Waals surface area contributed by atoms with Gasteiger partial charge in [-0.15, -0.1) is 0 Å². The van der Waals surface area contributed by atoms with Gasteiger partial charge in [0.1, 0.15) is 0 Å². The first kappa shape index (κ1) is 14.3. The third-order valence-corrected chi connectivity index (χ3v) is 5.75. The summed E-state index contributed by atoms with van der Waals surface area (Å²) in [6.45, 7) is 7.70. The molecule has 0 fully saturated rings. The van der Waals surface area contributed by atoms with Crippen LogP contribution in [0.3, 0.4) is 0 Å². The van der Waals surface area contributed by atoms with Crippen molar-refractivity contribution in [2.24, 2.45) is 0 Å². The number of pyridine rings is 1. The molecule has 1 heterocycles. The first-order valence-corrected chi connectivity index (χ1v) is 8.90. The van der Waals surface area contributed by atoms with Crippen molar-refractivity contribution in [2.75, 3.05) is 13.2 Å².